The fraction of sp³-hybridized carbons (Fsp3) is 0.565. The molecule has 0 atom stereocenters. The minimum absolute atomic E-state index is 0.00664. The van der Waals surface area contributed by atoms with Crippen LogP contribution in [-0.4, -0.2) is 45.8 Å². The Morgan fingerprint density at radius 1 is 1.14 bits per heavy atom. The molecule has 1 aliphatic heterocycles. The van der Waals surface area contributed by atoms with Gasteiger partial charge in [-0.2, -0.15) is 0 Å². The molecule has 6 nitrogen and oxygen atoms in total. The molecule has 2 aromatic heterocycles. The van der Waals surface area contributed by atoms with E-state index in [1.165, 1.54) is 6.42 Å². The summed E-state index contributed by atoms with van der Waals surface area (Å²) in [5, 5.41) is 0. The predicted octanol–water partition coefficient (Wildman–Crippen LogP) is 3.90. The maximum absolute atomic E-state index is 12.6. The van der Waals surface area contributed by atoms with E-state index in [1.54, 1.807) is 6.07 Å². The minimum Gasteiger partial charge on any atom is -0.454 e. The van der Waals surface area contributed by atoms with Gasteiger partial charge in [-0.3, -0.25) is 9.59 Å². The van der Waals surface area contributed by atoms with Crippen LogP contribution in [0.15, 0.2) is 34.9 Å². The molecule has 0 unspecified atom stereocenters. The number of aromatic nitrogens is 1. The van der Waals surface area contributed by atoms with Crippen molar-refractivity contribution in [1.82, 2.24) is 14.4 Å². The van der Waals surface area contributed by atoms with Crippen molar-refractivity contribution in [3.63, 3.8) is 0 Å². The van der Waals surface area contributed by atoms with E-state index in [2.05, 4.69) is 17.6 Å². The summed E-state index contributed by atoms with van der Waals surface area (Å²) < 4.78 is 7.99. The lowest BCUT2D eigenvalue weighted by Crippen LogP contribution is -2.35. The highest BCUT2D eigenvalue weighted by atomic mass is 16.4. The zero-order valence-electron chi connectivity index (χ0n) is 17.3. The van der Waals surface area contributed by atoms with E-state index in [0.29, 0.717) is 18.8 Å². The number of carbonyl (C=O) groups excluding carboxylic acids is 2. The molecular formula is C23H31N3O3. The van der Waals surface area contributed by atoms with Crippen LogP contribution in [0, 0.1) is 5.92 Å². The summed E-state index contributed by atoms with van der Waals surface area (Å²) in [6, 6.07) is 7.74. The second-order valence-corrected chi connectivity index (χ2v) is 8.28. The van der Waals surface area contributed by atoms with Crippen molar-refractivity contribution in [3.8, 4) is 0 Å². The quantitative estimate of drug-likeness (QED) is 0.679. The number of likely N-dealkylation sites (tertiary alicyclic amines) is 1. The maximum Gasteiger partial charge on any atom is 0.289 e. The van der Waals surface area contributed by atoms with Gasteiger partial charge in [0.15, 0.2) is 5.76 Å². The molecule has 4 rings (SSSR count). The van der Waals surface area contributed by atoms with Crippen LogP contribution in [0.2, 0.25) is 0 Å². The summed E-state index contributed by atoms with van der Waals surface area (Å²) in [4.78, 5) is 29.1. The summed E-state index contributed by atoms with van der Waals surface area (Å²) in [6.45, 7) is 5.72. The van der Waals surface area contributed by atoms with Gasteiger partial charge >= 0.3 is 0 Å². The Labute approximate surface area is 172 Å². The first kappa shape index (κ1) is 19.8. The summed E-state index contributed by atoms with van der Waals surface area (Å²) in [6.07, 6.45) is 8.36. The smallest absolute Gasteiger partial charge is 0.289 e. The van der Waals surface area contributed by atoms with Crippen LogP contribution in [-0.2, 0) is 17.9 Å². The van der Waals surface area contributed by atoms with Gasteiger partial charge in [0.2, 0.25) is 5.91 Å². The third kappa shape index (κ3) is 4.74. The van der Waals surface area contributed by atoms with Gasteiger partial charge < -0.3 is 18.8 Å². The number of carbonyl (C=O) groups is 2. The largest absolute Gasteiger partial charge is 0.454 e. The van der Waals surface area contributed by atoms with E-state index in [0.717, 1.165) is 63.2 Å². The van der Waals surface area contributed by atoms with Gasteiger partial charge in [0, 0.05) is 37.4 Å². The number of amides is 2. The molecule has 3 heterocycles. The zero-order valence-corrected chi connectivity index (χ0v) is 17.3. The minimum atomic E-state index is -0.00664. The molecule has 2 amide bonds. The van der Waals surface area contributed by atoms with Crippen LogP contribution < -0.4 is 0 Å². The van der Waals surface area contributed by atoms with Crippen molar-refractivity contribution in [1.29, 1.82) is 0 Å². The molecule has 6 heteroatoms. The van der Waals surface area contributed by atoms with Gasteiger partial charge in [0.05, 0.1) is 13.1 Å². The van der Waals surface area contributed by atoms with Crippen LogP contribution >= 0.6 is 0 Å². The van der Waals surface area contributed by atoms with Crippen molar-refractivity contribution in [2.24, 2.45) is 5.92 Å². The fourth-order valence-electron chi connectivity index (χ4n) is 4.07. The molecule has 1 saturated heterocycles. The summed E-state index contributed by atoms with van der Waals surface area (Å²) in [7, 11) is 0. The van der Waals surface area contributed by atoms with E-state index in [-0.39, 0.29) is 17.7 Å². The molecule has 2 fully saturated rings. The number of hydrogen-bond acceptors (Lipinski definition) is 3. The van der Waals surface area contributed by atoms with Crippen LogP contribution in [0.5, 0.6) is 0 Å². The SMILES string of the molecule is CCCN(Cc1cccn1Cc1ccc(C(=O)N2CCCCC2)o1)C(=O)C1CC1. The Morgan fingerprint density at radius 3 is 2.66 bits per heavy atom. The zero-order chi connectivity index (χ0) is 20.2. The molecule has 1 aliphatic carbocycles. The Hall–Kier alpha value is -2.50. The Morgan fingerprint density at radius 2 is 1.93 bits per heavy atom. The monoisotopic (exact) mass is 397 g/mol. The number of rotatable bonds is 8. The first-order valence-corrected chi connectivity index (χ1v) is 11.0. The highest BCUT2D eigenvalue weighted by Gasteiger charge is 2.33. The molecular weight excluding hydrogens is 366 g/mol. The predicted molar refractivity (Wildman–Crippen MR) is 110 cm³/mol. The second kappa shape index (κ2) is 8.89. The van der Waals surface area contributed by atoms with E-state index in [9.17, 15) is 9.59 Å². The van der Waals surface area contributed by atoms with Gasteiger partial charge in [-0.15, -0.1) is 0 Å². The van der Waals surface area contributed by atoms with Crippen molar-refractivity contribution < 1.29 is 14.0 Å². The lowest BCUT2D eigenvalue weighted by molar-refractivity contribution is -0.133. The lowest BCUT2D eigenvalue weighted by Gasteiger charge is -2.25. The van der Waals surface area contributed by atoms with E-state index < -0.39 is 0 Å². The molecule has 0 N–H and O–H groups in total. The molecule has 0 radical (unpaired) electrons. The Kier molecular flexibility index (Phi) is 6.07. The third-order valence-corrected chi connectivity index (χ3v) is 5.85. The molecule has 0 bridgehead atoms. The average Bonchev–Trinajstić information content (AvgIpc) is 3.35. The molecule has 2 aliphatic rings. The van der Waals surface area contributed by atoms with Crippen LogP contribution in [0.25, 0.3) is 0 Å². The molecule has 0 spiro atoms. The average molecular weight is 398 g/mol. The number of piperidine rings is 1. The van der Waals surface area contributed by atoms with E-state index in [1.807, 2.05) is 28.1 Å². The molecule has 1 saturated carbocycles. The van der Waals surface area contributed by atoms with Crippen LogP contribution in [0.3, 0.4) is 0 Å². The summed E-state index contributed by atoms with van der Waals surface area (Å²) in [5.41, 5.74) is 1.09. The van der Waals surface area contributed by atoms with E-state index in [4.69, 9.17) is 4.42 Å². The first-order valence-electron chi connectivity index (χ1n) is 11.0. The van der Waals surface area contributed by atoms with E-state index >= 15 is 0 Å². The molecule has 29 heavy (non-hydrogen) atoms. The standard InChI is InChI=1S/C23H31N3O3/c1-2-12-26(22(27)18-8-9-18)16-19-7-6-15-25(19)17-20-10-11-21(29-20)23(28)24-13-4-3-5-14-24/h6-7,10-11,15,18H,2-5,8-9,12-14,16-17H2,1H3. The second-order valence-electron chi connectivity index (χ2n) is 8.28. The van der Waals surface area contributed by atoms with Crippen LogP contribution in [0.4, 0.5) is 0 Å². The number of nitrogens with zero attached hydrogens (tertiary/aromatic N) is 3. The molecule has 2 aromatic rings. The molecule has 156 valence electrons. The van der Waals surface area contributed by atoms with Gasteiger partial charge in [0.25, 0.3) is 5.91 Å². The van der Waals surface area contributed by atoms with Crippen LogP contribution in [0.1, 0.15) is 67.5 Å². The number of furan rings is 1. The Balaban J connectivity index is 1.41. The topological polar surface area (TPSA) is 58.7 Å². The van der Waals surface area contributed by atoms with Crippen molar-refractivity contribution in [2.75, 3.05) is 19.6 Å². The van der Waals surface area contributed by atoms with Gasteiger partial charge in [-0.05, 0) is 62.8 Å². The highest BCUT2D eigenvalue weighted by molar-refractivity contribution is 5.91. The summed E-state index contributed by atoms with van der Waals surface area (Å²) in [5.74, 6) is 1.70. The van der Waals surface area contributed by atoms with Crippen molar-refractivity contribution in [2.45, 2.75) is 58.5 Å². The van der Waals surface area contributed by atoms with Gasteiger partial charge in [-0.25, -0.2) is 0 Å². The Bertz CT molecular complexity index is 843. The number of hydrogen-bond donors (Lipinski definition) is 0. The normalized spacial score (nSPS) is 16.8. The lowest BCUT2D eigenvalue weighted by atomic mass is 10.1. The molecule has 0 aromatic carbocycles. The third-order valence-electron chi connectivity index (χ3n) is 5.85. The van der Waals surface area contributed by atoms with Gasteiger partial charge in [0.1, 0.15) is 5.76 Å². The maximum atomic E-state index is 12.6. The van der Waals surface area contributed by atoms with Crippen molar-refractivity contribution >= 4 is 11.8 Å². The summed E-state index contributed by atoms with van der Waals surface area (Å²) >= 11 is 0. The van der Waals surface area contributed by atoms with Gasteiger partial charge in [-0.1, -0.05) is 6.92 Å². The first-order chi connectivity index (χ1) is 14.2. The highest BCUT2D eigenvalue weighted by Crippen LogP contribution is 2.31. The fourth-order valence-corrected chi connectivity index (χ4v) is 4.07. The van der Waals surface area contributed by atoms with Crippen molar-refractivity contribution in [3.05, 3.63) is 47.7 Å².